The van der Waals surface area contributed by atoms with Gasteiger partial charge < -0.3 is 0 Å². The van der Waals surface area contributed by atoms with E-state index < -0.39 is 6.89 Å². The molecule has 1 aliphatic rings. The van der Waals surface area contributed by atoms with E-state index in [2.05, 4.69) is 29.6 Å². The summed E-state index contributed by atoms with van der Waals surface area (Å²) in [6.07, 6.45) is 0. The average Bonchev–Trinajstić information content (AvgIpc) is 1.32. The summed E-state index contributed by atoms with van der Waals surface area (Å²) in [6.45, 7) is -0.394. The van der Waals surface area contributed by atoms with Crippen molar-refractivity contribution in [2.24, 2.45) is 0 Å². The molecule has 1 fully saturated rings. The highest BCUT2D eigenvalue weighted by Crippen LogP contribution is 2.73. The van der Waals surface area contributed by atoms with Crippen molar-refractivity contribution in [1.82, 2.24) is 0 Å². The predicted octanol–water partition coefficient (Wildman–Crippen LogP) is 3.07. The predicted molar refractivity (Wildman–Crippen MR) is 42.8 cm³/mol. The monoisotopic (exact) mass is 250 g/mol. The second-order valence-corrected chi connectivity index (χ2v) is 14.9. The summed E-state index contributed by atoms with van der Waals surface area (Å²) in [7, 11) is 0. The lowest BCUT2D eigenvalue weighted by Gasteiger charge is -2.33. The van der Waals surface area contributed by atoms with Crippen molar-refractivity contribution in [2.45, 2.75) is 0 Å². The van der Waals surface area contributed by atoms with Gasteiger partial charge in [-0.1, -0.05) is 0 Å². The fourth-order valence-corrected chi connectivity index (χ4v) is 6.64. The first-order chi connectivity index (χ1) is 2.71. The van der Waals surface area contributed by atoms with Crippen molar-refractivity contribution in [1.29, 1.82) is 0 Å². The third kappa shape index (κ3) is 1.32. The van der Waals surface area contributed by atoms with E-state index in [0.717, 1.165) is 0 Å². The van der Waals surface area contributed by atoms with Gasteiger partial charge in [0.15, 0.2) is 0 Å². The van der Waals surface area contributed by atoms with Gasteiger partial charge in [-0.3, -0.25) is 0 Å². The summed E-state index contributed by atoms with van der Waals surface area (Å²) in [5, 5.41) is 2.57. The maximum atomic E-state index is 3.54. The van der Waals surface area contributed by atoms with E-state index in [1.165, 1.54) is 10.2 Å². The average molecular weight is 252 g/mol. The highest BCUT2D eigenvalue weighted by atomic mass is 79.9. The van der Waals surface area contributed by atoms with Crippen LogP contribution in [0.5, 0.6) is 0 Å². The Balaban J connectivity index is 2.31. The summed E-state index contributed by atoms with van der Waals surface area (Å²) >= 11 is 9.07. The summed E-state index contributed by atoms with van der Waals surface area (Å²) in [5.74, 6) is 0. The molecule has 0 saturated carbocycles. The fraction of sp³-hybridized carbons (Fsp3) is 1.00. The minimum absolute atomic E-state index is 0.394. The summed E-state index contributed by atoms with van der Waals surface area (Å²) in [6, 6.07) is 0. The molecular weight excluding hydrogens is 248 g/mol. The van der Waals surface area contributed by atoms with Crippen LogP contribution in [-0.2, 0) is 0 Å². The number of hydrogen-bond acceptors (Lipinski definition) is 1. The Hall–Kier alpha value is 1.66. The molecule has 1 rings (SSSR count). The molecule has 1 saturated heterocycles. The van der Waals surface area contributed by atoms with Gasteiger partial charge in [-0.25, -0.2) is 0 Å². The first-order valence-electron chi connectivity index (χ1n) is 1.46. The van der Waals surface area contributed by atoms with Crippen molar-refractivity contribution in [3.63, 3.8) is 0 Å². The smallest absolute Gasteiger partial charge is 0.0432 e. The van der Waals surface area contributed by atoms with E-state index in [0.29, 0.717) is 0 Å². The van der Waals surface area contributed by atoms with E-state index in [-0.39, 0.29) is 0 Å². The molecule has 38 valence electrons. The topological polar surface area (TPSA) is 0 Å². The normalized spacial score (nSPS) is 34.3. The highest BCUT2D eigenvalue weighted by Gasteiger charge is 2.25. The SMILES string of the molecule is BrS1(Br)CSC1. The molecule has 0 nitrogen and oxygen atoms in total. The molecule has 0 N–H and O–H groups in total. The number of rotatable bonds is 0. The van der Waals surface area contributed by atoms with Crippen LogP contribution in [0.25, 0.3) is 0 Å². The highest BCUT2D eigenvalue weighted by molar-refractivity contribution is 9.92. The minimum atomic E-state index is -0.394. The van der Waals surface area contributed by atoms with E-state index in [1.54, 1.807) is 0 Å². The van der Waals surface area contributed by atoms with Crippen molar-refractivity contribution < 1.29 is 0 Å². The Labute approximate surface area is 58.2 Å². The zero-order chi connectivity index (χ0) is 4.62. The molecule has 0 aromatic heterocycles. The van der Waals surface area contributed by atoms with Crippen molar-refractivity contribution in [3.8, 4) is 0 Å². The zero-order valence-electron chi connectivity index (χ0n) is 2.99. The molecule has 4 heteroatoms. The second-order valence-electron chi connectivity index (χ2n) is 1.14. The lowest BCUT2D eigenvalue weighted by Crippen LogP contribution is -1.99. The fourth-order valence-electron chi connectivity index (χ4n) is 0.209. The van der Waals surface area contributed by atoms with Gasteiger partial charge in [-0.2, -0.15) is 0 Å². The molecule has 0 aromatic rings. The lowest BCUT2D eigenvalue weighted by atomic mass is 11.8. The van der Waals surface area contributed by atoms with Crippen LogP contribution in [0.4, 0.5) is 0 Å². The van der Waals surface area contributed by atoms with Gasteiger partial charge in [-0.05, 0) is 29.6 Å². The number of halogens is 2. The molecule has 0 aromatic carbocycles. The third-order valence-electron chi connectivity index (χ3n) is 0.512. The Kier molecular flexibility index (Phi) is 1.81. The molecule has 1 heterocycles. The lowest BCUT2D eigenvalue weighted by molar-refractivity contribution is 2.02. The first-order valence-corrected chi connectivity index (χ1v) is 8.27. The van der Waals surface area contributed by atoms with Crippen LogP contribution in [0.1, 0.15) is 0 Å². The molecule has 1 aliphatic heterocycles. The van der Waals surface area contributed by atoms with Crippen LogP contribution in [0.2, 0.25) is 0 Å². The van der Waals surface area contributed by atoms with Gasteiger partial charge in [0.25, 0.3) is 0 Å². The quantitative estimate of drug-likeness (QED) is 0.638. The minimum Gasteiger partial charge on any atom is -0.140 e. The molecule has 0 amide bonds. The van der Waals surface area contributed by atoms with Crippen LogP contribution >= 0.6 is 48.3 Å². The first kappa shape index (κ1) is 5.79. The Morgan fingerprint density at radius 2 is 1.67 bits per heavy atom. The van der Waals surface area contributed by atoms with Gasteiger partial charge >= 0.3 is 0 Å². The second kappa shape index (κ2) is 1.88. The van der Waals surface area contributed by atoms with Gasteiger partial charge in [0.1, 0.15) is 0 Å². The molecule has 6 heavy (non-hydrogen) atoms. The van der Waals surface area contributed by atoms with Crippen molar-refractivity contribution in [2.75, 3.05) is 10.2 Å². The van der Waals surface area contributed by atoms with Crippen LogP contribution in [0.3, 0.4) is 0 Å². The summed E-state index contributed by atoms with van der Waals surface area (Å²) < 4.78 is 0. The summed E-state index contributed by atoms with van der Waals surface area (Å²) in [4.78, 5) is 0. The van der Waals surface area contributed by atoms with Crippen LogP contribution in [-0.4, -0.2) is 10.2 Å². The molecule has 0 unspecified atom stereocenters. The molecular formula is C2H4Br2S2. The Morgan fingerprint density at radius 1 is 1.33 bits per heavy atom. The molecule has 0 atom stereocenters. The van der Waals surface area contributed by atoms with Crippen LogP contribution in [0.15, 0.2) is 0 Å². The van der Waals surface area contributed by atoms with Gasteiger partial charge in [0.05, 0.1) is 0 Å². The van der Waals surface area contributed by atoms with Crippen LogP contribution < -0.4 is 0 Å². The Bertz CT molecular complexity index is 56.6. The van der Waals surface area contributed by atoms with Gasteiger partial charge in [0, 0.05) is 10.2 Å². The van der Waals surface area contributed by atoms with E-state index in [4.69, 9.17) is 0 Å². The maximum Gasteiger partial charge on any atom is 0.0432 e. The maximum absolute atomic E-state index is 3.54. The molecule has 0 aliphatic carbocycles. The standard InChI is InChI=1S/C2H4Br2S2/c3-6(4)1-5-2-6/h1-2H2. The number of thioether (sulfide) groups is 1. The summed E-state index contributed by atoms with van der Waals surface area (Å²) in [5.41, 5.74) is 0. The number of hydrogen-bond donors (Lipinski definition) is 0. The molecule has 0 spiro atoms. The van der Waals surface area contributed by atoms with Crippen LogP contribution in [0, 0.1) is 0 Å². The van der Waals surface area contributed by atoms with Crippen molar-refractivity contribution >= 4 is 48.3 Å². The third-order valence-corrected chi connectivity index (χ3v) is 11.3. The van der Waals surface area contributed by atoms with E-state index in [1.807, 2.05) is 11.8 Å². The molecule has 0 bridgehead atoms. The van der Waals surface area contributed by atoms with Gasteiger partial charge in [0.2, 0.25) is 0 Å². The Morgan fingerprint density at radius 3 is 1.67 bits per heavy atom. The zero-order valence-corrected chi connectivity index (χ0v) is 7.79. The largest absolute Gasteiger partial charge is 0.140 e. The molecule has 0 radical (unpaired) electrons. The van der Waals surface area contributed by atoms with Crippen molar-refractivity contribution in [3.05, 3.63) is 0 Å². The van der Waals surface area contributed by atoms with E-state index in [9.17, 15) is 0 Å². The van der Waals surface area contributed by atoms with E-state index >= 15 is 0 Å². The van der Waals surface area contributed by atoms with Gasteiger partial charge in [-0.15, -0.1) is 18.7 Å².